The fourth-order valence-electron chi connectivity index (χ4n) is 0.948. The highest BCUT2D eigenvalue weighted by Crippen LogP contribution is 1.91. The van der Waals surface area contributed by atoms with E-state index in [1.807, 2.05) is 13.8 Å². The van der Waals surface area contributed by atoms with Crippen molar-refractivity contribution in [3.63, 3.8) is 0 Å². The van der Waals surface area contributed by atoms with Crippen LogP contribution in [-0.2, 0) is 4.79 Å². The third-order valence-corrected chi connectivity index (χ3v) is 1.89. The van der Waals surface area contributed by atoms with Crippen LogP contribution < -0.4 is 10.6 Å². The molecule has 0 fully saturated rings. The molecule has 1 amide bonds. The van der Waals surface area contributed by atoms with Crippen LogP contribution in [0, 0.1) is 0 Å². The third kappa shape index (κ3) is 4.34. The first-order chi connectivity index (χ1) is 5.61. The van der Waals surface area contributed by atoms with Gasteiger partial charge in [0.05, 0.1) is 6.04 Å². The summed E-state index contributed by atoms with van der Waals surface area (Å²) in [5, 5.41) is 5.98. The molecular weight excluding hydrogens is 152 g/mol. The summed E-state index contributed by atoms with van der Waals surface area (Å²) in [6.45, 7) is 8.69. The maximum Gasteiger partial charge on any atom is 0.236 e. The molecule has 3 heteroatoms. The summed E-state index contributed by atoms with van der Waals surface area (Å²) in [6.07, 6.45) is 1.05. The van der Waals surface area contributed by atoms with E-state index >= 15 is 0 Å². The lowest BCUT2D eigenvalue weighted by Crippen LogP contribution is -2.45. The van der Waals surface area contributed by atoms with Crippen LogP contribution in [0.5, 0.6) is 0 Å². The van der Waals surface area contributed by atoms with Crippen molar-refractivity contribution in [2.75, 3.05) is 6.54 Å². The molecule has 3 nitrogen and oxygen atoms in total. The molecule has 1 unspecified atom stereocenters. The maximum atomic E-state index is 11.2. The van der Waals surface area contributed by atoms with Gasteiger partial charge in [-0.05, 0) is 27.2 Å². The Kier molecular flexibility index (Phi) is 5.72. The third-order valence-electron chi connectivity index (χ3n) is 1.89. The molecule has 0 rings (SSSR count). The van der Waals surface area contributed by atoms with Gasteiger partial charge in [-0.2, -0.15) is 0 Å². The second-order valence-corrected chi connectivity index (χ2v) is 3.09. The van der Waals surface area contributed by atoms with Gasteiger partial charge in [0.15, 0.2) is 0 Å². The average molecular weight is 172 g/mol. The minimum atomic E-state index is -0.0834. The van der Waals surface area contributed by atoms with E-state index in [9.17, 15) is 4.79 Å². The molecule has 0 saturated heterocycles. The van der Waals surface area contributed by atoms with E-state index in [-0.39, 0.29) is 11.9 Å². The van der Waals surface area contributed by atoms with Crippen molar-refractivity contribution in [3.05, 3.63) is 0 Å². The number of hydrogen-bond donors (Lipinski definition) is 2. The van der Waals surface area contributed by atoms with Crippen LogP contribution in [0.3, 0.4) is 0 Å². The quantitative estimate of drug-likeness (QED) is 0.647. The van der Waals surface area contributed by atoms with Gasteiger partial charge in [0, 0.05) is 12.6 Å². The fourth-order valence-corrected chi connectivity index (χ4v) is 0.948. The molecule has 0 aliphatic carbocycles. The van der Waals surface area contributed by atoms with Crippen LogP contribution >= 0.6 is 0 Å². The Bertz CT molecular complexity index is 136. The van der Waals surface area contributed by atoms with Gasteiger partial charge in [-0.1, -0.05) is 6.92 Å². The van der Waals surface area contributed by atoms with Crippen LogP contribution in [0.1, 0.15) is 34.1 Å². The largest absolute Gasteiger partial charge is 0.355 e. The Balaban J connectivity index is 3.70. The van der Waals surface area contributed by atoms with E-state index in [1.165, 1.54) is 0 Å². The van der Waals surface area contributed by atoms with E-state index in [0.29, 0.717) is 12.6 Å². The molecule has 72 valence electrons. The zero-order valence-corrected chi connectivity index (χ0v) is 8.48. The Morgan fingerprint density at radius 1 is 1.33 bits per heavy atom. The van der Waals surface area contributed by atoms with Gasteiger partial charge >= 0.3 is 0 Å². The van der Waals surface area contributed by atoms with Crippen LogP contribution in [0.15, 0.2) is 0 Å². The lowest BCUT2D eigenvalue weighted by atomic mass is 10.2. The molecule has 0 bridgehead atoms. The van der Waals surface area contributed by atoms with Gasteiger partial charge in [-0.3, -0.25) is 4.79 Å². The highest BCUT2D eigenvalue weighted by atomic mass is 16.2. The number of amides is 1. The SMILES string of the molecule is CCNC(=O)[C@H](C)NC(C)CC. The van der Waals surface area contributed by atoms with E-state index in [2.05, 4.69) is 24.5 Å². The molecule has 0 radical (unpaired) electrons. The summed E-state index contributed by atoms with van der Waals surface area (Å²) < 4.78 is 0. The predicted octanol–water partition coefficient (Wildman–Crippen LogP) is 0.899. The smallest absolute Gasteiger partial charge is 0.236 e. The molecule has 0 aromatic rings. The minimum Gasteiger partial charge on any atom is -0.355 e. The minimum absolute atomic E-state index is 0.0813. The number of likely N-dealkylation sites (N-methyl/N-ethyl adjacent to an activating group) is 1. The summed E-state index contributed by atoms with van der Waals surface area (Å²) >= 11 is 0. The molecule has 2 N–H and O–H groups in total. The zero-order valence-electron chi connectivity index (χ0n) is 8.48. The molecule has 12 heavy (non-hydrogen) atoms. The average Bonchev–Trinajstić information content (AvgIpc) is 2.04. The highest BCUT2D eigenvalue weighted by molar-refractivity contribution is 5.81. The molecule has 0 spiro atoms. The number of carbonyl (C=O) groups excluding carboxylic acids is 1. The van der Waals surface area contributed by atoms with Gasteiger partial charge < -0.3 is 10.6 Å². The van der Waals surface area contributed by atoms with Crippen molar-refractivity contribution in [2.45, 2.75) is 46.2 Å². The fraction of sp³-hybridized carbons (Fsp3) is 0.889. The molecular formula is C9H20N2O. The Morgan fingerprint density at radius 2 is 1.92 bits per heavy atom. The molecule has 2 atom stereocenters. The summed E-state index contributed by atoms with van der Waals surface area (Å²) in [5.41, 5.74) is 0. The topological polar surface area (TPSA) is 41.1 Å². The summed E-state index contributed by atoms with van der Waals surface area (Å²) in [4.78, 5) is 11.2. The first kappa shape index (κ1) is 11.4. The molecule has 0 aliphatic heterocycles. The summed E-state index contributed by atoms with van der Waals surface area (Å²) in [6, 6.07) is 0.322. The van der Waals surface area contributed by atoms with Crippen LogP contribution in [0.4, 0.5) is 0 Å². The summed E-state index contributed by atoms with van der Waals surface area (Å²) in [5.74, 6) is 0.0813. The molecule has 0 aliphatic rings. The van der Waals surface area contributed by atoms with Crippen molar-refractivity contribution >= 4 is 5.91 Å². The van der Waals surface area contributed by atoms with Crippen molar-refractivity contribution < 1.29 is 4.79 Å². The number of hydrogen-bond acceptors (Lipinski definition) is 2. The van der Waals surface area contributed by atoms with Crippen molar-refractivity contribution in [3.8, 4) is 0 Å². The number of rotatable bonds is 5. The van der Waals surface area contributed by atoms with Gasteiger partial charge in [-0.25, -0.2) is 0 Å². The zero-order chi connectivity index (χ0) is 9.56. The first-order valence-corrected chi connectivity index (χ1v) is 4.65. The Morgan fingerprint density at radius 3 is 2.33 bits per heavy atom. The molecule has 0 saturated carbocycles. The summed E-state index contributed by atoms with van der Waals surface area (Å²) in [7, 11) is 0. The highest BCUT2D eigenvalue weighted by Gasteiger charge is 2.12. The van der Waals surface area contributed by atoms with Crippen LogP contribution in [-0.4, -0.2) is 24.5 Å². The van der Waals surface area contributed by atoms with E-state index < -0.39 is 0 Å². The van der Waals surface area contributed by atoms with Gasteiger partial charge in [-0.15, -0.1) is 0 Å². The van der Waals surface area contributed by atoms with E-state index in [1.54, 1.807) is 0 Å². The molecule has 0 aromatic carbocycles. The number of carbonyl (C=O) groups is 1. The van der Waals surface area contributed by atoms with E-state index in [0.717, 1.165) is 6.42 Å². The Labute approximate surface area is 74.9 Å². The first-order valence-electron chi connectivity index (χ1n) is 4.65. The monoisotopic (exact) mass is 172 g/mol. The predicted molar refractivity (Wildman–Crippen MR) is 51.0 cm³/mol. The normalized spacial score (nSPS) is 15.3. The van der Waals surface area contributed by atoms with Crippen molar-refractivity contribution in [1.82, 2.24) is 10.6 Å². The maximum absolute atomic E-state index is 11.2. The lowest BCUT2D eigenvalue weighted by molar-refractivity contribution is -0.122. The van der Waals surface area contributed by atoms with Crippen molar-refractivity contribution in [2.24, 2.45) is 0 Å². The number of nitrogens with one attached hydrogen (secondary N) is 2. The van der Waals surface area contributed by atoms with Crippen LogP contribution in [0.2, 0.25) is 0 Å². The van der Waals surface area contributed by atoms with E-state index in [4.69, 9.17) is 0 Å². The standard InChI is InChI=1S/C9H20N2O/c1-5-7(3)11-8(4)9(12)10-6-2/h7-8,11H,5-6H2,1-4H3,(H,10,12)/t7?,8-/m0/s1. The van der Waals surface area contributed by atoms with Gasteiger partial charge in [0.25, 0.3) is 0 Å². The van der Waals surface area contributed by atoms with Crippen LogP contribution in [0.25, 0.3) is 0 Å². The molecule has 0 aromatic heterocycles. The van der Waals surface area contributed by atoms with Crippen molar-refractivity contribution in [1.29, 1.82) is 0 Å². The van der Waals surface area contributed by atoms with Gasteiger partial charge in [0.2, 0.25) is 5.91 Å². The Hall–Kier alpha value is -0.570. The second kappa shape index (κ2) is 6.00. The lowest BCUT2D eigenvalue weighted by Gasteiger charge is -2.17. The van der Waals surface area contributed by atoms with Gasteiger partial charge in [0.1, 0.15) is 0 Å². The second-order valence-electron chi connectivity index (χ2n) is 3.09. The molecule has 0 heterocycles.